The monoisotopic (exact) mass is 599 g/mol. The van der Waals surface area contributed by atoms with Crippen molar-refractivity contribution in [2.75, 3.05) is 7.05 Å². The van der Waals surface area contributed by atoms with Crippen molar-refractivity contribution in [3.8, 4) is 5.75 Å². The van der Waals surface area contributed by atoms with Crippen molar-refractivity contribution in [2.45, 2.75) is 139 Å². The topological polar surface area (TPSA) is 87.1 Å². The van der Waals surface area contributed by atoms with Gasteiger partial charge in [0.25, 0.3) is 5.91 Å². The minimum absolute atomic E-state index is 0.163. The van der Waals surface area contributed by atoms with Gasteiger partial charge in [-0.2, -0.15) is 0 Å². The number of amides is 1. The maximum absolute atomic E-state index is 12.9. The maximum atomic E-state index is 12.9. The van der Waals surface area contributed by atoms with Gasteiger partial charge in [-0.05, 0) is 92.2 Å². The molecule has 6 heteroatoms. The van der Waals surface area contributed by atoms with E-state index in [1.807, 2.05) is 94.4 Å². The van der Waals surface area contributed by atoms with Gasteiger partial charge in [0, 0.05) is 12.6 Å². The lowest BCUT2D eigenvalue weighted by Gasteiger charge is -2.44. The highest BCUT2D eigenvalue weighted by Gasteiger charge is 2.44. The molecular formula is C37H61NO5. The Balaban J connectivity index is 0.00000422. The van der Waals surface area contributed by atoms with Crippen LogP contribution in [-0.2, 0) is 16.6 Å². The maximum Gasteiger partial charge on any atom is 0.326 e. The third-order valence-electron chi connectivity index (χ3n) is 8.84. The zero-order chi connectivity index (χ0) is 33.9. The molecule has 4 unspecified atom stereocenters. The predicted molar refractivity (Wildman–Crippen MR) is 180 cm³/mol. The van der Waals surface area contributed by atoms with E-state index in [1.54, 1.807) is 0 Å². The van der Waals surface area contributed by atoms with Crippen molar-refractivity contribution >= 4 is 11.9 Å². The van der Waals surface area contributed by atoms with Crippen LogP contribution in [0.4, 0.5) is 0 Å². The van der Waals surface area contributed by atoms with E-state index in [-0.39, 0.29) is 22.8 Å². The molecule has 0 aromatic heterocycles. The summed E-state index contributed by atoms with van der Waals surface area (Å²) < 4.78 is 6.30. The van der Waals surface area contributed by atoms with E-state index in [0.717, 1.165) is 35.3 Å². The zero-order valence-corrected chi connectivity index (χ0v) is 29.8. The average molecular weight is 600 g/mol. The van der Waals surface area contributed by atoms with Crippen LogP contribution in [-0.4, -0.2) is 51.8 Å². The lowest BCUT2D eigenvalue weighted by atomic mass is 9.71. The lowest BCUT2D eigenvalue weighted by molar-refractivity contribution is -0.141. The van der Waals surface area contributed by atoms with Crippen LogP contribution in [0, 0.1) is 19.3 Å². The van der Waals surface area contributed by atoms with Crippen LogP contribution in [0.2, 0.25) is 0 Å². The second-order valence-corrected chi connectivity index (χ2v) is 12.4. The molecule has 0 aliphatic rings. The van der Waals surface area contributed by atoms with E-state index in [4.69, 9.17) is 4.74 Å². The van der Waals surface area contributed by atoms with Crippen LogP contribution < -0.4 is 4.74 Å². The van der Waals surface area contributed by atoms with Crippen LogP contribution in [0.5, 0.6) is 5.75 Å². The number of aliphatic hydroxyl groups is 1. The summed E-state index contributed by atoms with van der Waals surface area (Å²) in [6, 6.07) is 11.2. The Morgan fingerprint density at radius 1 is 0.884 bits per heavy atom. The van der Waals surface area contributed by atoms with E-state index >= 15 is 0 Å². The Labute approximate surface area is 262 Å². The number of carboxylic acids is 1. The number of benzene rings is 2. The summed E-state index contributed by atoms with van der Waals surface area (Å²) in [5.74, 6) is -0.553. The fourth-order valence-electron chi connectivity index (χ4n) is 5.36. The number of carbonyl (C=O) groups excluding carboxylic acids is 1. The third kappa shape index (κ3) is 9.56. The van der Waals surface area contributed by atoms with E-state index in [2.05, 4.69) is 32.0 Å². The van der Waals surface area contributed by atoms with Gasteiger partial charge in [0.1, 0.15) is 23.5 Å². The first kappa shape index (κ1) is 40.1. The van der Waals surface area contributed by atoms with Crippen LogP contribution in [0.15, 0.2) is 36.4 Å². The summed E-state index contributed by atoms with van der Waals surface area (Å²) in [5.41, 5.74) is 3.26. The van der Waals surface area contributed by atoms with Crippen molar-refractivity contribution in [3.63, 3.8) is 0 Å². The number of carboxylic acid groups (broad SMARTS) is 1. The van der Waals surface area contributed by atoms with Gasteiger partial charge in [-0.25, -0.2) is 4.79 Å². The number of aryl methyl sites for hydroxylation is 2. The van der Waals surface area contributed by atoms with Crippen LogP contribution >= 0.6 is 0 Å². The number of rotatable bonds is 11. The van der Waals surface area contributed by atoms with Crippen molar-refractivity contribution < 1.29 is 24.5 Å². The number of hydrogen-bond acceptors (Lipinski definition) is 4. The largest absolute Gasteiger partial charge is 0.487 e. The van der Waals surface area contributed by atoms with Gasteiger partial charge >= 0.3 is 5.97 Å². The molecule has 0 saturated carbocycles. The molecule has 43 heavy (non-hydrogen) atoms. The van der Waals surface area contributed by atoms with Gasteiger partial charge in [0.05, 0.1) is 0 Å². The molecule has 0 radical (unpaired) electrons. The fourth-order valence-corrected chi connectivity index (χ4v) is 5.36. The van der Waals surface area contributed by atoms with Gasteiger partial charge in [-0.3, -0.25) is 4.79 Å². The molecule has 0 fully saturated rings. The first-order valence-corrected chi connectivity index (χ1v) is 16.0. The second-order valence-electron chi connectivity index (χ2n) is 12.4. The SMILES string of the molecule is CC.CC.CCC(C)(Cc1ccc(OC(C)C(O)(CC)C(C)(C)C)c(C)c1)c1ccc(C(=O)N(C)C(C)C(=O)O)c(C)c1. The molecule has 6 nitrogen and oxygen atoms in total. The number of carbonyl (C=O) groups is 2. The molecule has 0 bridgehead atoms. The molecule has 0 aliphatic carbocycles. The molecule has 0 heterocycles. The average Bonchev–Trinajstić information content (AvgIpc) is 2.98. The highest BCUT2D eigenvalue weighted by atomic mass is 16.5. The summed E-state index contributed by atoms with van der Waals surface area (Å²) in [6.45, 7) is 27.9. The minimum Gasteiger partial charge on any atom is -0.487 e. The summed E-state index contributed by atoms with van der Waals surface area (Å²) in [7, 11) is 1.52. The smallest absolute Gasteiger partial charge is 0.326 e. The Bertz CT molecular complexity index is 1180. The Kier molecular flexibility index (Phi) is 15.7. The normalized spacial score (nSPS) is 15.3. The Morgan fingerprint density at radius 3 is 1.86 bits per heavy atom. The van der Waals surface area contributed by atoms with Crippen LogP contribution in [0.1, 0.15) is 129 Å². The van der Waals surface area contributed by atoms with E-state index in [9.17, 15) is 19.8 Å². The van der Waals surface area contributed by atoms with Crippen molar-refractivity contribution in [1.82, 2.24) is 4.90 Å². The Hall–Kier alpha value is -2.86. The number of aliphatic carboxylic acids is 1. The first-order valence-electron chi connectivity index (χ1n) is 16.0. The summed E-state index contributed by atoms with van der Waals surface area (Å²) in [5, 5.41) is 20.6. The first-order chi connectivity index (χ1) is 19.9. The molecule has 0 saturated heterocycles. The molecule has 2 N–H and O–H groups in total. The molecule has 2 rings (SSSR count). The molecule has 1 amide bonds. The van der Waals surface area contributed by atoms with Crippen LogP contribution in [0.3, 0.4) is 0 Å². The van der Waals surface area contributed by atoms with Gasteiger partial charge in [0.15, 0.2) is 0 Å². The van der Waals surface area contributed by atoms with Gasteiger partial charge in [0.2, 0.25) is 0 Å². The highest BCUT2D eigenvalue weighted by Crippen LogP contribution is 2.39. The quantitative estimate of drug-likeness (QED) is 0.270. The van der Waals surface area contributed by atoms with Gasteiger partial charge in [-0.1, -0.05) is 93.5 Å². The standard InChI is InChI=1S/C33H49NO5.2C2H6/c1-12-32(10,26-15-16-27(21(3)19-26)29(35)34(11)23(5)30(36)37)20-25-14-17-28(22(4)18-25)39-24(6)33(38,13-2)31(7,8)9;2*1-2/h14-19,23-24,38H,12-13,20H2,1-11H3,(H,36,37);2*1-2H3. The molecule has 0 spiro atoms. The van der Waals surface area contributed by atoms with Gasteiger partial charge in [-0.15, -0.1) is 0 Å². The lowest BCUT2D eigenvalue weighted by Crippen LogP contribution is -2.53. The van der Waals surface area contributed by atoms with E-state index < -0.39 is 17.6 Å². The number of ether oxygens (including phenoxy) is 1. The van der Waals surface area contributed by atoms with Crippen LogP contribution in [0.25, 0.3) is 0 Å². The van der Waals surface area contributed by atoms with E-state index in [0.29, 0.717) is 12.0 Å². The Morgan fingerprint density at radius 2 is 1.44 bits per heavy atom. The minimum atomic E-state index is -1.03. The van der Waals surface area contributed by atoms with Crippen molar-refractivity contribution in [3.05, 3.63) is 64.2 Å². The summed E-state index contributed by atoms with van der Waals surface area (Å²) in [6.07, 6.45) is 1.94. The fraction of sp³-hybridized carbons (Fsp3) is 0.622. The van der Waals surface area contributed by atoms with Gasteiger partial charge < -0.3 is 19.8 Å². The molecule has 2 aromatic carbocycles. The summed E-state index contributed by atoms with van der Waals surface area (Å²) >= 11 is 0. The second kappa shape index (κ2) is 16.8. The highest BCUT2D eigenvalue weighted by molar-refractivity contribution is 5.97. The summed E-state index contributed by atoms with van der Waals surface area (Å²) in [4.78, 5) is 25.6. The third-order valence-corrected chi connectivity index (χ3v) is 8.84. The van der Waals surface area contributed by atoms with Crippen molar-refractivity contribution in [2.24, 2.45) is 5.41 Å². The zero-order valence-electron chi connectivity index (χ0n) is 29.8. The molecule has 4 atom stereocenters. The van der Waals surface area contributed by atoms with E-state index in [1.165, 1.54) is 24.4 Å². The molecule has 2 aromatic rings. The number of nitrogens with zero attached hydrogens (tertiary/aromatic N) is 1. The number of likely N-dealkylation sites (N-methyl/N-ethyl adjacent to an activating group) is 1. The molecular weight excluding hydrogens is 538 g/mol. The molecule has 0 aliphatic heterocycles. The number of hydrogen-bond donors (Lipinski definition) is 2. The predicted octanol–water partition coefficient (Wildman–Crippen LogP) is 8.77. The molecule has 244 valence electrons. The van der Waals surface area contributed by atoms with Crippen molar-refractivity contribution in [1.29, 1.82) is 0 Å².